The first kappa shape index (κ1) is 13.2. The Balaban J connectivity index is 1.75. The summed E-state index contributed by atoms with van der Waals surface area (Å²) in [5.74, 6) is 0.946. The van der Waals surface area contributed by atoms with Crippen molar-refractivity contribution in [2.75, 3.05) is 5.32 Å². The Labute approximate surface area is 122 Å². The maximum absolute atomic E-state index is 3.71. The van der Waals surface area contributed by atoms with Gasteiger partial charge in [0.1, 0.15) is 0 Å². The summed E-state index contributed by atoms with van der Waals surface area (Å²) in [7, 11) is 0. The minimum Gasteiger partial charge on any atom is -0.382 e. The molecule has 1 atom stereocenters. The van der Waals surface area contributed by atoms with Crippen molar-refractivity contribution in [1.29, 1.82) is 0 Å². The van der Waals surface area contributed by atoms with E-state index >= 15 is 0 Å². The van der Waals surface area contributed by atoms with Gasteiger partial charge in [0.2, 0.25) is 0 Å². The summed E-state index contributed by atoms with van der Waals surface area (Å²) >= 11 is 0. The van der Waals surface area contributed by atoms with Crippen LogP contribution in [0.4, 0.5) is 5.69 Å². The fourth-order valence-electron chi connectivity index (χ4n) is 3.03. The summed E-state index contributed by atoms with van der Waals surface area (Å²) in [6.45, 7) is 2.31. The van der Waals surface area contributed by atoms with Crippen LogP contribution in [0, 0.1) is 5.92 Å². The summed E-state index contributed by atoms with van der Waals surface area (Å²) in [6.07, 6.45) is 5.57. The number of para-hydroxylation sites is 1. The van der Waals surface area contributed by atoms with Gasteiger partial charge in [0.15, 0.2) is 0 Å². The minimum absolute atomic E-state index is 0.546. The van der Waals surface area contributed by atoms with E-state index in [2.05, 4.69) is 66.8 Å². The van der Waals surface area contributed by atoms with Crippen molar-refractivity contribution in [2.45, 2.75) is 38.6 Å². The largest absolute Gasteiger partial charge is 0.382 e. The van der Waals surface area contributed by atoms with Crippen molar-refractivity contribution < 1.29 is 0 Å². The third-order valence-electron chi connectivity index (χ3n) is 4.33. The molecule has 0 amide bonds. The number of hydrogen-bond acceptors (Lipinski definition) is 1. The first-order chi connectivity index (χ1) is 9.83. The van der Waals surface area contributed by atoms with Gasteiger partial charge in [0.25, 0.3) is 0 Å². The van der Waals surface area contributed by atoms with Crippen molar-refractivity contribution in [2.24, 2.45) is 5.92 Å². The second-order valence-electron chi connectivity index (χ2n) is 5.99. The Kier molecular flexibility index (Phi) is 4.05. The van der Waals surface area contributed by atoms with E-state index in [1.807, 2.05) is 0 Å². The lowest BCUT2D eigenvalue weighted by Gasteiger charge is -2.29. The Morgan fingerprint density at radius 2 is 1.70 bits per heavy atom. The van der Waals surface area contributed by atoms with Gasteiger partial charge in [-0.25, -0.2) is 0 Å². The van der Waals surface area contributed by atoms with Crippen LogP contribution in [0.3, 0.4) is 0 Å². The first-order valence-corrected chi connectivity index (χ1v) is 7.74. The zero-order valence-electron chi connectivity index (χ0n) is 12.2. The predicted octanol–water partition coefficient (Wildman–Crippen LogP) is 5.34. The molecule has 0 aromatic heterocycles. The van der Waals surface area contributed by atoms with Crippen LogP contribution in [0.2, 0.25) is 0 Å². The molecule has 1 aliphatic rings. The molecule has 1 fully saturated rings. The van der Waals surface area contributed by atoms with E-state index < -0.39 is 0 Å². The van der Waals surface area contributed by atoms with Crippen molar-refractivity contribution >= 4 is 5.69 Å². The van der Waals surface area contributed by atoms with Gasteiger partial charge in [-0.2, -0.15) is 0 Å². The lowest BCUT2D eigenvalue weighted by molar-refractivity contribution is 0.286. The highest BCUT2D eigenvalue weighted by Crippen LogP contribution is 2.33. The molecule has 1 nitrogen and oxygen atoms in total. The van der Waals surface area contributed by atoms with E-state index in [0.717, 1.165) is 5.92 Å². The standard InChI is InChI=1S/C19H23N/c1-15(14-16-8-7-9-16)20-19-13-6-5-12-18(19)17-10-3-2-4-11-17/h2-6,10-13,15-16,20H,7-9,14H2,1H3. The molecule has 0 bridgehead atoms. The molecule has 1 unspecified atom stereocenters. The Morgan fingerprint density at radius 1 is 1.00 bits per heavy atom. The second kappa shape index (κ2) is 6.13. The number of rotatable bonds is 5. The summed E-state index contributed by atoms with van der Waals surface area (Å²) in [4.78, 5) is 0. The molecule has 2 aromatic carbocycles. The zero-order valence-corrected chi connectivity index (χ0v) is 12.2. The molecule has 1 saturated carbocycles. The van der Waals surface area contributed by atoms with Gasteiger partial charge < -0.3 is 5.32 Å². The molecule has 1 aliphatic carbocycles. The van der Waals surface area contributed by atoms with E-state index in [0.29, 0.717) is 6.04 Å². The highest BCUT2D eigenvalue weighted by atomic mass is 14.9. The van der Waals surface area contributed by atoms with Crippen molar-refractivity contribution in [3.63, 3.8) is 0 Å². The van der Waals surface area contributed by atoms with Crippen LogP contribution in [0.15, 0.2) is 54.6 Å². The normalized spacial score (nSPS) is 16.4. The van der Waals surface area contributed by atoms with E-state index in [1.54, 1.807) is 0 Å². The molecule has 0 heterocycles. The fraction of sp³-hybridized carbons (Fsp3) is 0.368. The lowest BCUT2D eigenvalue weighted by atomic mass is 9.81. The minimum atomic E-state index is 0.546. The Hall–Kier alpha value is -1.76. The quantitative estimate of drug-likeness (QED) is 0.769. The van der Waals surface area contributed by atoms with Crippen LogP contribution in [0.25, 0.3) is 11.1 Å². The van der Waals surface area contributed by atoms with Gasteiger partial charge in [-0.3, -0.25) is 0 Å². The van der Waals surface area contributed by atoms with Gasteiger partial charge in [-0.05, 0) is 30.9 Å². The smallest absolute Gasteiger partial charge is 0.0421 e. The summed E-state index contributed by atoms with van der Waals surface area (Å²) < 4.78 is 0. The maximum Gasteiger partial charge on any atom is 0.0421 e. The maximum atomic E-state index is 3.71. The average Bonchev–Trinajstić information content (AvgIpc) is 2.45. The summed E-state index contributed by atoms with van der Waals surface area (Å²) in [5.41, 5.74) is 3.84. The molecule has 0 saturated heterocycles. The highest BCUT2D eigenvalue weighted by Gasteiger charge is 2.20. The number of nitrogens with one attached hydrogen (secondary N) is 1. The van der Waals surface area contributed by atoms with Crippen LogP contribution in [0.1, 0.15) is 32.6 Å². The van der Waals surface area contributed by atoms with Crippen LogP contribution in [-0.2, 0) is 0 Å². The van der Waals surface area contributed by atoms with Crippen molar-refractivity contribution in [3.8, 4) is 11.1 Å². The first-order valence-electron chi connectivity index (χ1n) is 7.74. The van der Waals surface area contributed by atoms with Crippen LogP contribution in [0.5, 0.6) is 0 Å². The van der Waals surface area contributed by atoms with E-state index in [4.69, 9.17) is 0 Å². The molecule has 3 rings (SSSR count). The van der Waals surface area contributed by atoms with Gasteiger partial charge in [0, 0.05) is 17.3 Å². The predicted molar refractivity (Wildman–Crippen MR) is 86.9 cm³/mol. The summed E-state index contributed by atoms with van der Waals surface area (Å²) in [6, 6.07) is 19.8. The van der Waals surface area contributed by atoms with Crippen LogP contribution < -0.4 is 5.32 Å². The van der Waals surface area contributed by atoms with E-state index in [-0.39, 0.29) is 0 Å². The Morgan fingerprint density at radius 3 is 2.40 bits per heavy atom. The van der Waals surface area contributed by atoms with E-state index in [9.17, 15) is 0 Å². The molecule has 0 aliphatic heterocycles. The third-order valence-corrected chi connectivity index (χ3v) is 4.33. The molecular weight excluding hydrogens is 242 g/mol. The SMILES string of the molecule is CC(CC1CCC1)Nc1ccccc1-c1ccccc1. The molecule has 1 N–H and O–H groups in total. The number of benzene rings is 2. The van der Waals surface area contributed by atoms with E-state index in [1.165, 1.54) is 42.5 Å². The lowest BCUT2D eigenvalue weighted by Crippen LogP contribution is -2.23. The van der Waals surface area contributed by atoms with Gasteiger partial charge in [-0.1, -0.05) is 67.8 Å². The van der Waals surface area contributed by atoms with Crippen molar-refractivity contribution in [1.82, 2.24) is 0 Å². The average molecular weight is 265 g/mol. The molecular formula is C19H23N. The highest BCUT2D eigenvalue weighted by molar-refractivity contribution is 5.77. The monoisotopic (exact) mass is 265 g/mol. The van der Waals surface area contributed by atoms with Gasteiger partial charge >= 0.3 is 0 Å². The molecule has 104 valence electrons. The Bertz CT molecular complexity index is 543. The molecule has 2 aromatic rings. The molecule has 20 heavy (non-hydrogen) atoms. The van der Waals surface area contributed by atoms with Gasteiger partial charge in [-0.15, -0.1) is 0 Å². The summed E-state index contributed by atoms with van der Waals surface area (Å²) in [5, 5.41) is 3.71. The van der Waals surface area contributed by atoms with Crippen LogP contribution in [-0.4, -0.2) is 6.04 Å². The third kappa shape index (κ3) is 3.04. The molecule has 0 radical (unpaired) electrons. The number of anilines is 1. The van der Waals surface area contributed by atoms with Gasteiger partial charge in [0.05, 0.1) is 0 Å². The second-order valence-corrected chi connectivity index (χ2v) is 5.99. The van der Waals surface area contributed by atoms with Crippen LogP contribution >= 0.6 is 0 Å². The van der Waals surface area contributed by atoms with Crippen molar-refractivity contribution in [3.05, 3.63) is 54.6 Å². The number of hydrogen-bond donors (Lipinski definition) is 1. The zero-order chi connectivity index (χ0) is 13.8. The molecule has 1 heteroatoms. The fourth-order valence-corrected chi connectivity index (χ4v) is 3.03. The molecule has 0 spiro atoms. The topological polar surface area (TPSA) is 12.0 Å².